The van der Waals surface area contributed by atoms with Crippen LogP contribution in [0.3, 0.4) is 0 Å². The van der Waals surface area contributed by atoms with Gasteiger partial charge in [0.05, 0.1) is 12.6 Å². The molecule has 3 aromatic carbocycles. The number of rotatable bonds is 11. The van der Waals surface area contributed by atoms with E-state index in [2.05, 4.69) is 26.3 Å². The summed E-state index contributed by atoms with van der Waals surface area (Å²) in [6.07, 6.45) is 4.97. The maximum Gasteiger partial charge on any atom is 0.407 e. The number of imide groups is 1. The molecule has 5 amide bonds. The van der Waals surface area contributed by atoms with E-state index >= 15 is 0 Å². The van der Waals surface area contributed by atoms with E-state index in [4.69, 9.17) is 9.47 Å². The quantitative estimate of drug-likeness (QED) is 0.139. The number of aromatic nitrogens is 1. The van der Waals surface area contributed by atoms with Crippen molar-refractivity contribution in [3.63, 3.8) is 0 Å². The molecule has 13 heteroatoms. The van der Waals surface area contributed by atoms with Crippen molar-refractivity contribution in [1.82, 2.24) is 15.6 Å². The molecule has 0 spiro atoms. The summed E-state index contributed by atoms with van der Waals surface area (Å²) in [5, 5.41) is 10.2. The van der Waals surface area contributed by atoms with Crippen LogP contribution in [-0.4, -0.2) is 35.5 Å². The highest BCUT2D eigenvalue weighted by Crippen LogP contribution is 2.34. The minimum Gasteiger partial charge on any atom is -0.452 e. The number of carbonyl (C=O) groups excluding carboxylic acids is 4. The number of alkyl carbamates (subject to hydrolysis) is 1. The molecule has 11 nitrogen and oxygen atoms in total. The largest absolute Gasteiger partial charge is 0.452 e. The average molecular weight is 672 g/mol. The molecule has 0 aliphatic heterocycles. The summed E-state index contributed by atoms with van der Waals surface area (Å²) >= 11 is 0. The molecule has 49 heavy (non-hydrogen) atoms. The SMILES string of the molecule is O=C(Cc1ccc(F)cc1)NC(=O)Nc1ccc(Oc2ccncc2NC(=O)C2CCC(CNC(=O)OCc3ccccc3)CC2)c(F)c1. The van der Waals surface area contributed by atoms with E-state index in [-0.39, 0.29) is 53.6 Å². The first-order valence-corrected chi connectivity index (χ1v) is 15.7. The molecule has 4 N–H and O–H groups in total. The molecule has 0 unspecified atom stereocenters. The molecular weight excluding hydrogens is 636 g/mol. The number of halogens is 2. The fraction of sp³-hybridized carbons (Fsp3) is 0.250. The molecule has 0 atom stereocenters. The lowest BCUT2D eigenvalue weighted by atomic mass is 9.81. The van der Waals surface area contributed by atoms with Gasteiger partial charge in [-0.15, -0.1) is 0 Å². The average Bonchev–Trinajstić information content (AvgIpc) is 3.10. The van der Waals surface area contributed by atoms with Crippen molar-refractivity contribution >= 4 is 35.3 Å². The number of nitrogens with one attached hydrogen (secondary N) is 4. The molecule has 1 saturated carbocycles. The molecule has 1 fully saturated rings. The summed E-state index contributed by atoms with van der Waals surface area (Å²) in [6, 6.07) is 19.0. The third-order valence-electron chi connectivity index (χ3n) is 7.94. The third kappa shape index (κ3) is 10.6. The molecule has 1 aliphatic rings. The number of pyridine rings is 1. The number of carbonyl (C=O) groups is 4. The van der Waals surface area contributed by atoms with Gasteiger partial charge in [-0.2, -0.15) is 0 Å². The summed E-state index contributed by atoms with van der Waals surface area (Å²) in [5.41, 5.74) is 1.75. The van der Waals surface area contributed by atoms with Crippen LogP contribution in [0.2, 0.25) is 0 Å². The van der Waals surface area contributed by atoms with Crippen molar-refractivity contribution in [2.24, 2.45) is 11.8 Å². The Balaban J connectivity index is 1.07. The zero-order valence-electron chi connectivity index (χ0n) is 26.4. The first kappa shape index (κ1) is 34.5. The minimum atomic E-state index is -0.869. The van der Waals surface area contributed by atoms with Crippen LogP contribution in [0.4, 0.5) is 29.7 Å². The Morgan fingerprint density at radius 1 is 0.816 bits per heavy atom. The highest BCUT2D eigenvalue weighted by molar-refractivity contribution is 6.01. The van der Waals surface area contributed by atoms with E-state index < -0.39 is 29.7 Å². The first-order valence-electron chi connectivity index (χ1n) is 15.7. The number of benzene rings is 3. The summed E-state index contributed by atoms with van der Waals surface area (Å²) in [5.74, 6) is -2.13. The van der Waals surface area contributed by atoms with Crippen LogP contribution in [0.5, 0.6) is 11.5 Å². The van der Waals surface area contributed by atoms with Gasteiger partial charge in [-0.25, -0.2) is 18.4 Å². The number of nitrogens with zero attached hydrogens (tertiary/aromatic N) is 1. The number of anilines is 2. The van der Waals surface area contributed by atoms with Crippen molar-refractivity contribution in [1.29, 1.82) is 0 Å². The topological polar surface area (TPSA) is 148 Å². The van der Waals surface area contributed by atoms with Gasteiger partial charge < -0.3 is 25.4 Å². The van der Waals surface area contributed by atoms with Gasteiger partial charge in [0.25, 0.3) is 0 Å². The van der Waals surface area contributed by atoms with Crippen molar-refractivity contribution in [3.8, 4) is 11.5 Å². The van der Waals surface area contributed by atoms with Gasteiger partial charge in [-0.1, -0.05) is 42.5 Å². The second kappa shape index (κ2) is 16.8. The molecule has 1 heterocycles. The molecule has 1 aromatic heterocycles. The standard InChI is InChI=1S/C36H35F2N5O6/c37-27-12-8-23(9-13-27)18-33(44)43-35(46)41-28-14-15-31(29(38)19-28)49-32-16-17-39-21-30(32)42-34(45)26-10-6-24(7-11-26)20-40-36(47)48-22-25-4-2-1-3-5-25/h1-5,8-9,12-17,19,21,24,26H,6-7,10-11,18,20,22H2,(H,40,47)(H,42,45)(H2,41,43,44,46). The van der Waals surface area contributed by atoms with Gasteiger partial charge in [0.2, 0.25) is 11.8 Å². The zero-order chi connectivity index (χ0) is 34.6. The summed E-state index contributed by atoms with van der Waals surface area (Å²) in [7, 11) is 0. The van der Waals surface area contributed by atoms with Crippen molar-refractivity contribution < 1.29 is 37.4 Å². The van der Waals surface area contributed by atoms with Gasteiger partial charge >= 0.3 is 12.1 Å². The van der Waals surface area contributed by atoms with Crippen LogP contribution in [0.15, 0.2) is 91.3 Å². The van der Waals surface area contributed by atoms with Gasteiger partial charge in [0, 0.05) is 36.5 Å². The highest BCUT2D eigenvalue weighted by Gasteiger charge is 2.27. The number of amides is 5. The minimum absolute atomic E-state index is 0.0649. The Kier molecular flexibility index (Phi) is 11.8. The van der Waals surface area contributed by atoms with Gasteiger partial charge in [0.1, 0.15) is 18.1 Å². The van der Waals surface area contributed by atoms with E-state index in [1.165, 1.54) is 54.9 Å². The molecule has 4 aromatic rings. The van der Waals surface area contributed by atoms with Crippen LogP contribution in [-0.2, 0) is 27.4 Å². The summed E-state index contributed by atoms with van der Waals surface area (Å²) < 4.78 is 39.1. The lowest BCUT2D eigenvalue weighted by Crippen LogP contribution is -2.35. The van der Waals surface area contributed by atoms with Crippen molar-refractivity contribution in [2.75, 3.05) is 17.2 Å². The Hall–Kier alpha value is -5.85. The number of hydrogen-bond acceptors (Lipinski definition) is 7. The van der Waals surface area contributed by atoms with Crippen molar-refractivity contribution in [2.45, 2.75) is 38.7 Å². The van der Waals surface area contributed by atoms with Gasteiger partial charge in [-0.05, 0) is 67.0 Å². The monoisotopic (exact) mass is 671 g/mol. The Labute approximate surface area is 281 Å². The smallest absolute Gasteiger partial charge is 0.407 e. The van der Waals surface area contributed by atoms with Crippen LogP contribution in [0, 0.1) is 23.5 Å². The predicted molar refractivity (Wildman–Crippen MR) is 177 cm³/mol. The molecule has 5 rings (SSSR count). The van der Waals surface area contributed by atoms with Crippen LogP contribution < -0.4 is 26.0 Å². The molecule has 0 saturated heterocycles. The highest BCUT2D eigenvalue weighted by atomic mass is 19.1. The fourth-order valence-electron chi connectivity index (χ4n) is 5.33. The Morgan fingerprint density at radius 3 is 2.31 bits per heavy atom. The number of ether oxygens (including phenoxy) is 2. The first-order chi connectivity index (χ1) is 23.7. The van der Waals surface area contributed by atoms with Crippen LogP contribution in [0.25, 0.3) is 0 Å². The molecule has 1 aliphatic carbocycles. The van der Waals surface area contributed by atoms with Gasteiger partial charge in [-0.3, -0.25) is 19.9 Å². The number of urea groups is 1. The van der Waals surface area contributed by atoms with E-state index in [1.807, 2.05) is 30.3 Å². The lowest BCUT2D eigenvalue weighted by Gasteiger charge is -2.28. The van der Waals surface area contributed by atoms with E-state index in [0.29, 0.717) is 24.9 Å². The predicted octanol–water partition coefficient (Wildman–Crippen LogP) is 6.71. The van der Waals surface area contributed by atoms with E-state index in [9.17, 15) is 28.0 Å². The Morgan fingerprint density at radius 2 is 1.57 bits per heavy atom. The molecular formula is C36H35F2N5O6. The maximum absolute atomic E-state index is 15.0. The second-order valence-electron chi connectivity index (χ2n) is 11.6. The maximum atomic E-state index is 15.0. The van der Waals surface area contributed by atoms with Crippen LogP contribution in [0.1, 0.15) is 36.8 Å². The molecule has 254 valence electrons. The number of hydrogen-bond donors (Lipinski definition) is 4. The molecule has 0 bridgehead atoms. The Bertz CT molecular complexity index is 1770. The summed E-state index contributed by atoms with van der Waals surface area (Å²) in [4.78, 5) is 53.7. The van der Waals surface area contributed by atoms with Gasteiger partial charge in [0.15, 0.2) is 17.3 Å². The summed E-state index contributed by atoms with van der Waals surface area (Å²) in [6.45, 7) is 0.654. The van der Waals surface area contributed by atoms with E-state index in [1.54, 1.807) is 0 Å². The normalized spacial score (nSPS) is 15.4. The lowest BCUT2D eigenvalue weighted by molar-refractivity contribution is -0.121. The zero-order valence-corrected chi connectivity index (χ0v) is 26.4. The van der Waals surface area contributed by atoms with Crippen LogP contribution >= 0.6 is 0 Å². The third-order valence-corrected chi connectivity index (χ3v) is 7.94. The van der Waals surface area contributed by atoms with E-state index in [0.717, 1.165) is 24.5 Å². The fourth-order valence-corrected chi connectivity index (χ4v) is 5.33. The second-order valence-corrected chi connectivity index (χ2v) is 11.6. The molecule has 0 radical (unpaired) electrons. The van der Waals surface area contributed by atoms with Crippen molar-refractivity contribution in [3.05, 3.63) is 114 Å².